The maximum atomic E-state index is 4.29. The Balaban J connectivity index is 2.17. The topological polar surface area (TPSA) is 16.1 Å². The van der Waals surface area contributed by atoms with E-state index in [4.69, 9.17) is 0 Å². The third kappa shape index (κ3) is 2.40. The first kappa shape index (κ1) is 11.9. The number of hydrogen-bond donors (Lipinski definition) is 0. The van der Waals surface area contributed by atoms with Crippen LogP contribution in [0.2, 0.25) is 0 Å². The number of pyridine rings is 1. The van der Waals surface area contributed by atoms with Gasteiger partial charge >= 0.3 is 0 Å². The molecule has 3 heteroatoms. The van der Waals surface area contributed by atoms with E-state index in [1.807, 2.05) is 13.1 Å². The number of piperidine rings is 1. The molecule has 1 aliphatic rings. The second-order valence-electron chi connectivity index (χ2n) is 5.38. The Morgan fingerprint density at radius 1 is 1.31 bits per heavy atom. The predicted molar refractivity (Wildman–Crippen MR) is 71.9 cm³/mol. The second kappa shape index (κ2) is 4.36. The fraction of sp³-hybridized carbons (Fsp3) is 0.615. The van der Waals surface area contributed by atoms with Gasteiger partial charge in [0.2, 0.25) is 0 Å². The minimum atomic E-state index is 0.505. The van der Waals surface area contributed by atoms with Gasteiger partial charge < -0.3 is 4.90 Å². The lowest BCUT2D eigenvalue weighted by Gasteiger charge is -2.38. The first-order valence-corrected chi connectivity index (χ1v) is 6.65. The van der Waals surface area contributed by atoms with Crippen molar-refractivity contribution in [3.63, 3.8) is 0 Å². The van der Waals surface area contributed by atoms with E-state index in [0.29, 0.717) is 5.41 Å². The molecule has 0 atom stereocenters. The van der Waals surface area contributed by atoms with Gasteiger partial charge in [-0.3, -0.25) is 4.98 Å². The normalized spacial score (nSPS) is 19.9. The van der Waals surface area contributed by atoms with Crippen LogP contribution in [0.1, 0.15) is 32.4 Å². The summed E-state index contributed by atoms with van der Waals surface area (Å²) in [4.78, 5) is 6.75. The SMILES string of the molecule is Cc1nccc(N2CCC(C)(C)CC2)c1Br. The van der Waals surface area contributed by atoms with Crippen molar-refractivity contribution in [2.45, 2.75) is 33.6 Å². The van der Waals surface area contributed by atoms with Gasteiger partial charge in [-0.2, -0.15) is 0 Å². The lowest BCUT2D eigenvalue weighted by molar-refractivity contribution is 0.279. The van der Waals surface area contributed by atoms with E-state index in [1.165, 1.54) is 18.5 Å². The number of halogens is 1. The van der Waals surface area contributed by atoms with Gasteiger partial charge in [0.05, 0.1) is 15.9 Å². The lowest BCUT2D eigenvalue weighted by Crippen LogP contribution is -2.37. The molecule has 1 saturated heterocycles. The molecule has 1 fully saturated rings. The van der Waals surface area contributed by atoms with Crippen LogP contribution in [0.5, 0.6) is 0 Å². The van der Waals surface area contributed by atoms with Crippen molar-refractivity contribution in [3.8, 4) is 0 Å². The average Bonchev–Trinajstić information content (AvgIpc) is 2.23. The Kier molecular flexibility index (Phi) is 3.24. The van der Waals surface area contributed by atoms with Gasteiger partial charge in [-0.25, -0.2) is 0 Å². The van der Waals surface area contributed by atoms with Crippen LogP contribution in [0.4, 0.5) is 5.69 Å². The molecule has 2 rings (SSSR count). The second-order valence-corrected chi connectivity index (χ2v) is 6.17. The van der Waals surface area contributed by atoms with Crippen LogP contribution in [0.15, 0.2) is 16.7 Å². The van der Waals surface area contributed by atoms with Gasteiger partial charge in [0.25, 0.3) is 0 Å². The van der Waals surface area contributed by atoms with Crippen LogP contribution in [0.3, 0.4) is 0 Å². The van der Waals surface area contributed by atoms with Crippen molar-refractivity contribution in [2.75, 3.05) is 18.0 Å². The average molecular weight is 283 g/mol. The van der Waals surface area contributed by atoms with Crippen LogP contribution in [-0.4, -0.2) is 18.1 Å². The molecule has 1 aliphatic heterocycles. The number of anilines is 1. The van der Waals surface area contributed by atoms with Gasteiger partial charge in [-0.15, -0.1) is 0 Å². The van der Waals surface area contributed by atoms with Crippen molar-refractivity contribution < 1.29 is 0 Å². The third-order valence-corrected chi connectivity index (χ3v) is 4.48. The molecular weight excluding hydrogens is 264 g/mol. The first-order valence-electron chi connectivity index (χ1n) is 5.86. The molecule has 2 nitrogen and oxygen atoms in total. The quantitative estimate of drug-likeness (QED) is 0.779. The predicted octanol–water partition coefficient (Wildman–Crippen LogP) is 3.78. The summed E-state index contributed by atoms with van der Waals surface area (Å²) in [5.74, 6) is 0. The van der Waals surface area contributed by atoms with E-state index in [2.05, 4.69) is 45.7 Å². The van der Waals surface area contributed by atoms with Gasteiger partial charge in [0.1, 0.15) is 0 Å². The summed E-state index contributed by atoms with van der Waals surface area (Å²) >= 11 is 3.64. The highest BCUT2D eigenvalue weighted by Crippen LogP contribution is 2.35. The molecule has 88 valence electrons. The van der Waals surface area contributed by atoms with Crippen LogP contribution in [0.25, 0.3) is 0 Å². The molecule has 0 aliphatic carbocycles. The van der Waals surface area contributed by atoms with Crippen molar-refractivity contribution >= 4 is 21.6 Å². The zero-order valence-corrected chi connectivity index (χ0v) is 11.8. The van der Waals surface area contributed by atoms with E-state index in [1.54, 1.807) is 0 Å². The summed E-state index contributed by atoms with van der Waals surface area (Å²) < 4.78 is 1.15. The minimum absolute atomic E-state index is 0.505. The molecule has 0 unspecified atom stereocenters. The number of aromatic nitrogens is 1. The van der Waals surface area contributed by atoms with Gasteiger partial charge in [0.15, 0.2) is 0 Å². The smallest absolute Gasteiger partial charge is 0.0621 e. The number of nitrogens with zero attached hydrogens (tertiary/aromatic N) is 2. The molecule has 0 amide bonds. The molecular formula is C13H19BrN2. The van der Waals surface area contributed by atoms with Gasteiger partial charge in [0, 0.05) is 19.3 Å². The molecule has 0 N–H and O–H groups in total. The van der Waals surface area contributed by atoms with Crippen LogP contribution in [0, 0.1) is 12.3 Å². The van der Waals surface area contributed by atoms with Crippen molar-refractivity contribution in [1.82, 2.24) is 4.98 Å². The molecule has 1 aromatic heterocycles. The highest BCUT2D eigenvalue weighted by Gasteiger charge is 2.26. The lowest BCUT2D eigenvalue weighted by atomic mass is 9.82. The highest BCUT2D eigenvalue weighted by molar-refractivity contribution is 9.10. The summed E-state index contributed by atoms with van der Waals surface area (Å²) in [7, 11) is 0. The van der Waals surface area contributed by atoms with Crippen LogP contribution < -0.4 is 4.90 Å². The maximum Gasteiger partial charge on any atom is 0.0621 e. The van der Waals surface area contributed by atoms with E-state index in [9.17, 15) is 0 Å². The van der Waals surface area contributed by atoms with Crippen molar-refractivity contribution in [1.29, 1.82) is 0 Å². The molecule has 0 radical (unpaired) electrons. The monoisotopic (exact) mass is 282 g/mol. The number of aryl methyl sites for hydroxylation is 1. The summed E-state index contributed by atoms with van der Waals surface area (Å²) in [5, 5.41) is 0. The van der Waals surface area contributed by atoms with E-state index in [0.717, 1.165) is 23.3 Å². The molecule has 1 aromatic rings. The highest BCUT2D eigenvalue weighted by atomic mass is 79.9. The van der Waals surface area contributed by atoms with E-state index >= 15 is 0 Å². The van der Waals surface area contributed by atoms with E-state index < -0.39 is 0 Å². The third-order valence-electron chi connectivity index (χ3n) is 3.50. The fourth-order valence-electron chi connectivity index (χ4n) is 2.13. The summed E-state index contributed by atoms with van der Waals surface area (Å²) in [6, 6.07) is 2.11. The Bertz CT molecular complexity index is 378. The Morgan fingerprint density at radius 3 is 2.56 bits per heavy atom. The van der Waals surface area contributed by atoms with E-state index in [-0.39, 0.29) is 0 Å². The number of hydrogen-bond acceptors (Lipinski definition) is 2. The Hall–Kier alpha value is -0.570. The van der Waals surface area contributed by atoms with Gasteiger partial charge in [-0.1, -0.05) is 13.8 Å². The standard InChI is InChI=1S/C13H19BrN2/c1-10-12(14)11(4-7-15-10)16-8-5-13(2,3)6-9-16/h4,7H,5-6,8-9H2,1-3H3. The molecule has 0 aromatic carbocycles. The van der Waals surface area contributed by atoms with Crippen LogP contribution >= 0.6 is 15.9 Å². The fourth-order valence-corrected chi connectivity index (χ4v) is 2.62. The largest absolute Gasteiger partial charge is 0.370 e. The summed E-state index contributed by atoms with van der Waals surface area (Å²) in [6.45, 7) is 9.06. The summed E-state index contributed by atoms with van der Waals surface area (Å²) in [5.41, 5.74) is 2.87. The zero-order valence-electron chi connectivity index (χ0n) is 10.3. The Morgan fingerprint density at radius 2 is 1.94 bits per heavy atom. The molecule has 0 spiro atoms. The van der Waals surface area contributed by atoms with Crippen LogP contribution in [-0.2, 0) is 0 Å². The first-order chi connectivity index (χ1) is 7.49. The maximum absolute atomic E-state index is 4.29. The molecule has 0 saturated carbocycles. The minimum Gasteiger partial charge on any atom is -0.370 e. The van der Waals surface area contributed by atoms with Gasteiger partial charge in [-0.05, 0) is 47.2 Å². The molecule has 2 heterocycles. The van der Waals surface area contributed by atoms with Crippen molar-refractivity contribution in [2.24, 2.45) is 5.41 Å². The summed E-state index contributed by atoms with van der Waals surface area (Å²) in [6.07, 6.45) is 4.43. The zero-order chi connectivity index (χ0) is 11.8. The Labute approximate surface area is 106 Å². The number of rotatable bonds is 1. The molecule has 0 bridgehead atoms. The molecule has 16 heavy (non-hydrogen) atoms. The van der Waals surface area contributed by atoms with Crippen molar-refractivity contribution in [3.05, 3.63) is 22.4 Å².